The van der Waals surface area contributed by atoms with Crippen molar-refractivity contribution in [3.63, 3.8) is 0 Å². The zero-order valence-corrected chi connectivity index (χ0v) is 22.7. The van der Waals surface area contributed by atoms with Gasteiger partial charge in [0.2, 0.25) is 0 Å². The molecule has 9 heteroatoms. The molecule has 5 rings (SSSR count). The molecule has 0 saturated heterocycles. The second kappa shape index (κ2) is 8.95. The van der Waals surface area contributed by atoms with Crippen LogP contribution in [0, 0.1) is 34.5 Å². The van der Waals surface area contributed by atoms with Crippen LogP contribution in [-0.4, -0.2) is 48.1 Å². The Labute approximate surface area is 218 Å². The summed E-state index contributed by atoms with van der Waals surface area (Å²) in [5.41, 5.74) is 0.962. The van der Waals surface area contributed by atoms with Gasteiger partial charge in [0.25, 0.3) is 0 Å². The fraction of sp³-hybridized carbons (Fsp3) is 0.750. The molecule has 0 N–H and O–H groups in total. The Balaban J connectivity index is 1.51. The van der Waals surface area contributed by atoms with Crippen molar-refractivity contribution in [3.8, 4) is 0 Å². The van der Waals surface area contributed by atoms with Crippen molar-refractivity contribution in [3.05, 3.63) is 11.6 Å². The van der Waals surface area contributed by atoms with Gasteiger partial charge in [-0.3, -0.25) is 4.79 Å². The maximum Gasteiger partial charge on any atom is 0.356 e. The van der Waals surface area contributed by atoms with E-state index in [0.29, 0.717) is 17.5 Å². The monoisotopic (exact) mass is 514 g/mol. The third kappa shape index (κ3) is 3.67. The topological polar surface area (TPSA) is 113 Å². The van der Waals surface area contributed by atoms with Crippen molar-refractivity contribution in [2.75, 3.05) is 7.11 Å². The molecule has 202 valence electrons. The molecule has 0 spiro atoms. The number of rotatable bonds is 4. The van der Waals surface area contributed by atoms with Gasteiger partial charge in [0.1, 0.15) is 11.8 Å². The Morgan fingerprint density at radius 3 is 2.51 bits per heavy atom. The summed E-state index contributed by atoms with van der Waals surface area (Å²) in [7, 11) is 1.35. The Kier molecular flexibility index (Phi) is 6.27. The van der Waals surface area contributed by atoms with Crippen LogP contribution in [0.25, 0.3) is 0 Å². The standard InChI is InChI=1S/C28H38N2O7/c1-15(29-36-17(3)32)28-23(24(30-37-28)25(33)34-6)14-22-20-8-7-18-13-19(35-16(2)31)9-11-26(18,4)21(20)10-12-27(22,28)5/h7,19-23H,8-14H2,1-6H3/b29-15+/t19-,20+,21+,22+,23-,26-,27-,28+/m0/s1. The van der Waals surface area contributed by atoms with Crippen LogP contribution in [0.3, 0.4) is 0 Å². The average molecular weight is 515 g/mol. The lowest BCUT2D eigenvalue weighted by molar-refractivity contribution is -0.149. The van der Waals surface area contributed by atoms with Crippen LogP contribution in [0.5, 0.6) is 0 Å². The number of oxime groups is 2. The van der Waals surface area contributed by atoms with Crippen molar-refractivity contribution in [2.24, 2.45) is 44.8 Å². The molecular formula is C28H38N2O7. The first kappa shape index (κ1) is 25.9. The van der Waals surface area contributed by atoms with Crippen LogP contribution in [0.1, 0.15) is 79.6 Å². The zero-order chi connectivity index (χ0) is 26.8. The third-order valence-corrected chi connectivity index (χ3v) is 10.5. The van der Waals surface area contributed by atoms with Gasteiger partial charge in [0.05, 0.1) is 13.0 Å². The number of esters is 2. The second-order valence-electron chi connectivity index (χ2n) is 12.0. The van der Waals surface area contributed by atoms with Crippen molar-refractivity contribution < 1.29 is 33.5 Å². The van der Waals surface area contributed by atoms with Crippen LogP contribution in [-0.2, 0) is 33.5 Å². The van der Waals surface area contributed by atoms with Gasteiger partial charge in [0.15, 0.2) is 11.3 Å². The van der Waals surface area contributed by atoms with Crippen molar-refractivity contribution in [1.82, 2.24) is 0 Å². The molecule has 37 heavy (non-hydrogen) atoms. The maximum absolute atomic E-state index is 12.7. The summed E-state index contributed by atoms with van der Waals surface area (Å²) in [6.07, 6.45) is 8.59. The molecule has 1 heterocycles. The van der Waals surface area contributed by atoms with E-state index in [2.05, 4.69) is 30.2 Å². The first-order chi connectivity index (χ1) is 17.5. The van der Waals surface area contributed by atoms with Crippen LogP contribution in [0.15, 0.2) is 22.0 Å². The summed E-state index contributed by atoms with van der Waals surface area (Å²) in [6, 6.07) is 0. The molecule has 0 bridgehead atoms. The minimum atomic E-state index is -0.973. The number of hydrogen-bond donors (Lipinski definition) is 0. The van der Waals surface area contributed by atoms with E-state index in [4.69, 9.17) is 19.1 Å². The van der Waals surface area contributed by atoms with Crippen LogP contribution in [0.2, 0.25) is 0 Å². The van der Waals surface area contributed by atoms with Crippen molar-refractivity contribution in [1.29, 1.82) is 0 Å². The van der Waals surface area contributed by atoms with E-state index >= 15 is 0 Å². The summed E-state index contributed by atoms with van der Waals surface area (Å²) in [5.74, 6) is -0.389. The van der Waals surface area contributed by atoms with E-state index in [-0.39, 0.29) is 40.5 Å². The number of nitrogens with zero attached hydrogens (tertiary/aromatic N) is 2. The molecule has 1 aliphatic heterocycles. The largest absolute Gasteiger partial charge is 0.464 e. The van der Waals surface area contributed by atoms with Gasteiger partial charge in [-0.1, -0.05) is 35.8 Å². The molecule has 0 unspecified atom stereocenters. The molecule has 0 amide bonds. The van der Waals surface area contributed by atoms with Gasteiger partial charge in [-0.2, -0.15) is 0 Å². The van der Waals surface area contributed by atoms with Crippen molar-refractivity contribution >= 4 is 29.3 Å². The van der Waals surface area contributed by atoms with E-state index in [0.717, 1.165) is 44.9 Å². The van der Waals surface area contributed by atoms with Gasteiger partial charge in [-0.15, -0.1) is 0 Å². The molecule has 0 aromatic carbocycles. The van der Waals surface area contributed by atoms with Gasteiger partial charge in [-0.25, -0.2) is 9.59 Å². The van der Waals surface area contributed by atoms with Gasteiger partial charge >= 0.3 is 17.9 Å². The Hall–Kier alpha value is -2.71. The number of hydrogen-bond acceptors (Lipinski definition) is 9. The van der Waals surface area contributed by atoms with Gasteiger partial charge in [-0.05, 0) is 68.6 Å². The highest BCUT2D eigenvalue weighted by molar-refractivity contribution is 6.38. The molecule has 0 radical (unpaired) electrons. The predicted molar refractivity (Wildman–Crippen MR) is 134 cm³/mol. The molecular weight excluding hydrogens is 476 g/mol. The first-order valence-corrected chi connectivity index (χ1v) is 13.4. The first-order valence-electron chi connectivity index (χ1n) is 13.4. The maximum atomic E-state index is 12.7. The smallest absolute Gasteiger partial charge is 0.356 e. The number of fused-ring (bicyclic) bond motifs is 7. The van der Waals surface area contributed by atoms with Crippen LogP contribution in [0.4, 0.5) is 0 Å². The van der Waals surface area contributed by atoms with E-state index in [1.54, 1.807) is 0 Å². The molecule has 3 saturated carbocycles. The quantitative estimate of drug-likeness (QED) is 0.180. The zero-order valence-electron chi connectivity index (χ0n) is 22.7. The molecule has 0 aromatic rings. The summed E-state index contributed by atoms with van der Waals surface area (Å²) < 4.78 is 10.6. The van der Waals surface area contributed by atoms with Crippen LogP contribution >= 0.6 is 0 Å². The number of methoxy groups -OCH3 is 1. The number of carbonyl (C=O) groups is 3. The predicted octanol–water partition coefficient (Wildman–Crippen LogP) is 4.34. The van der Waals surface area contributed by atoms with E-state index in [1.807, 2.05) is 6.92 Å². The molecule has 4 aliphatic carbocycles. The summed E-state index contributed by atoms with van der Waals surface area (Å²) in [6.45, 7) is 9.22. The van der Waals surface area contributed by atoms with E-state index < -0.39 is 17.5 Å². The second-order valence-corrected chi connectivity index (χ2v) is 12.0. The fourth-order valence-corrected chi connectivity index (χ4v) is 8.87. The highest BCUT2D eigenvalue weighted by Gasteiger charge is 2.74. The number of allylic oxidation sites excluding steroid dienone is 1. The Morgan fingerprint density at radius 2 is 1.84 bits per heavy atom. The van der Waals surface area contributed by atoms with E-state index in [1.165, 1.54) is 26.5 Å². The molecule has 8 atom stereocenters. The molecule has 0 aromatic heterocycles. The molecule has 9 nitrogen and oxygen atoms in total. The van der Waals surface area contributed by atoms with Gasteiger partial charge < -0.3 is 19.1 Å². The lowest BCUT2D eigenvalue weighted by Crippen LogP contribution is -2.59. The SMILES string of the molecule is COC(=O)C1=NO[C@]2(/C(C)=N/OC(C)=O)[C@H]1C[C@@H]1[C@@H]3CC=C4C[C@@H](OC(C)=O)CC[C@]4(C)[C@@H]3CC[C@@]12C. The van der Waals surface area contributed by atoms with Crippen LogP contribution < -0.4 is 0 Å². The van der Waals surface area contributed by atoms with E-state index in [9.17, 15) is 14.4 Å². The minimum absolute atomic E-state index is 0.0382. The normalized spacial score (nSPS) is 42.1. The fourth-order valence-electron chi connectivity index (χ4n) is 8.87. The highest BCUT2D eigenvalue weighted by Crippen LogP contribution is 2.70. The highest BCUT2D eigenvalue weighted by atomic mass is 16.7. The number of ether oxygens (including phenoxy) is 2. The lowest BCUT2D eigenvalue weighted by Gasteiger charge is -2.58. The Morgan fingerprint density at radius 1 is 1.08 bits per heavy atom. The van der Waals surface area contributed by atoms with Crippen molar-refractivity contribution in [2.45, 2.75) is 91.3 Å². The number of carbonyl (C=O) groups excluding carboxylic acids is 3. The summed E-state index contributed by atoms with van der Waals surface area (Å²) in [4.78, 5) is 47.1. The molecule has 3 fully saturated rings. The Bertz CT molecular complexity index is 1110. The minimum Gasteiger partial charge on any atom is -0.464 e. The lowest BCUT2D eigenvalue weighted by atomic mass is 9.46. The van der Waals surface area contributed by atoms with Gasteiger partial charge in [0, 0.05) is 25.7 Å². The third-order valence-electron chi connectivity index (χ3n) is 10.5. The summed E-state index contributed by atoms with van der Waals surface area (Å²) >= 11 is 0. The molecule has 5 aliphatic rings. The average Bonchev–Trinajstić information content (AvgIpc) is 3.35. The summed E-state index contributed by atoms with van der Waals surface area (Å²) in [5, 5.41) is 8.40.